The third kappa shape index (κ3) is 3.48. The average molecular weight is 618 g/mol. The standard InChI is InChI=1S/C33H47NO10/c1-7-34-14-31(15-39-2)20(35)13-21(41-4)32-19-12-18-25(44-29(37)16-8-10-17(40-3)11-9-16)22(19)23(24(36)26(18)42-5)33(38,30(32)34)28(43-6)27(31)32/h8-11,18-28,30,35-36,38H,7,12-15H2,1-6H3/t18-,19+,20?,21-,22-,23+,24-,25-,26-,27+,28+,30-,31-,32-,33+/m0/s1. The predicted molar refractivity (Wildman–Crippen MR) is 156 cm³/mol. The second-order valence-electron chi connectivity index (χ2n) is 14.0. The first-order valence-electron chi connectivity index (χ1n) is 15.9. The molecule has 3 N–H and O–H groups in total. The van der Waals surface area contributed by atoms with E-state index < -0.39 is 71.0 Å². The second-order valence-corrected chi connectivity index (χ2v) is 14.0. The largest absolute Gasteiger partial charge is 0.497 e. The van der Waals surface area contributed by atoms with Gasteiger partial charge in [-0.15, -0.1) is 0 Å². The van der Waals surface area contributed by atoms with Crippen molar-refractivity contribution in [3.63, 3.8) is 0 Å². The highest BCUT2D eigenvalue weighted by atomic mass is 16.6. The molecule has 1 heterocycles. The van der Waals surface area contributed by atoms with Gasteiger partial charge in [0.05, 0.1) is 55.8 Å². The van der Waals surface area contributed by atoms with E-state index in [9.17, 15) is 20.1 Å². The molecule has 5 saturated carbocycles. The Morgan fingerprint density at radius 2 is 1.73 bits per heavy atom. The molecule has 1 unspecified atom stereocenters. The monoisotopic (exact) mass is 617 g/mol. The summed E-state index contributed by atoms with van der Waals surface area (Å²) in [5.41, 5.74) is -2.56. The van der Waals surface area contributed by atoms with Crippen molar-refractivity contribution in [2.45, 2.75) is 68.0 Å². The molecule has 6 fully saturated rings. The summed E-state index contributed by atoms with van der Waals surface area (Å²) in [7, 11) is 8.09. The van der Waals surface area contributed by atoms with Crippen molar-refractivity contribution in [3.8, 4) is 5.75 Å². The van der Waals surface area contributed by atoms with Crippen LogP contribution in [0.2, 0.25) is 0 Å². The first-order valence-corrected chi connectivity index (χ1v) is 15.9. The van der Waals surface area contributed by atoms with E-state index in [1.807, 2.05) is 0 Å². The zero-order chi connectivity index (χ0) is 31.3. The van der Waals surface area contributed by atoms with Gasteiger partial charge in [0.15, 0.2) is 0 Å². The molecule has 0 aromatic heterocycles. The van der Waals surface area contributed by atoms with Crippen LogP contribution in [0.1, 0.15) is 30.1 Å². The molecule has 1 aromatic carbocycles. The molecule has 1 saturated heterocycles. The molecular formula is C33H47NO10. The number of benzene rings is 1. The summed E-state index contributed by atoms with van der Waals surface area (Å²) < 4.78 is 36.2. The number of aliphatic hydroxyl groups is 3. The molecule has 244 valence electrons. The van der Waals surface area contributed by atoms with Gasteiger partial charge in [0, 0.05) is 75.9 Å². The molecule has 7 bridgehead atoms. The summed E-state index contributed by atoms with van der Waals surface area (Å²) in [6.45, 7) is 3.51. The van der Waals surface area contributed by atoms with Crippen LogP contribution < -0.4 is 4.74 Å². The predicted octanol–water partition coefficient (Wildman–Crippen LogP) is 0.971. The number of likely N-dealkylation sites (tertiary alicyclic amines) is 1. The minimum Gasteiger partial charge on any atom is -0.497 e. The number of piperidine rings is 1. The zero-order valence-electron chi connectivity index (χ0n) is 26.4. The van der Waals surface area contributed by atoms with Crippen molar-refractivity contribution in [3.05, 3.63) is 29.8 Å². The highest BCUT2D eigenvalue weighted by Crippen LogP contribution is 2.79. The van der Waals surface area contributed by atoms with Crippen LogP contribution in [-0.4, -0.2) is 130 Å². The van der Waals surface area contributed by atoms with Gasteiger partial charge in [-0.05, 0) is 43.1 Å². The fourth-order valence-corrected chi connectivity index (χ4v) is 12.1. The lowest BCUT2D eigenvalue weighted by atomic mass is 9.42. The van der Waals surface area contributed by atoms with Crippen molar-refractivity contribution in [2.75, 3.05) is 55.2 Å². The van der Waals surface area contributed by atoms with Crippen LogP contribution in [-0.2, 0) is 23.7 Å². The number of ether oxygens (including phenoxy) is 6. The van der Waals surface area contributed by atoms with Gasteiger partial charge >= 0.3 is 5.97 Å². The van der Waals surface area contributed by atoms with Crippen LogP contribution in [0.5, 0.6) is 5.75 Å². The molecule has 7 rings (SSSR count). The Morgan fingerprint density at radius 3 is 2.32 bits per heavy atom. The van der Waals surface area contributed by atoms with Gasteiger partial charge in [-0.25, -0.2) is 4.79 Å². The lowest BCUT2D eigenvalue weighted by Gasteiger charge is -2.69. The molecule has 0 amide bonds. The maximum absolute atomic E-state index is 13.7. The molecule has 1 aromatic rings. The molecule has 0 radical (unpaired) electrons. The van der Waals surface area contributed by atoms with Crippen LogP contribution in [0.4, 0.5) is 0 Å². The zero-order valence-corrected chi connectivity index (χ0v) is 26.4. The van der Waals surface area contributed by atoms with Crippen molar-refractivity contribution in [1.82, 2.24) is 4.90 Å². The van der Waals surface area contributed by atoms with Gasteiger partial charge < -0.3 is 43.7 Å². The van der Waals surface area contributed by atoms with Gasteiger partial charge in [0.2, 0.25) is 0 Å². The van der Waals surface area contributed by atoms with E-state index >= 15 is 0 Å². The van der Waals surface area contributed by atoms with E-state index in [4.69, 9.17) is 28.4 Å². The Bertz CT molecular complexity index is 1260. The molecule has 44 heavy (non-hydrogen) atoms. The quantitative estimate of drug-likeness (QED) is 0.342. The van der Waals surface area contributed by atoms with E-state index in [1.54, 1.807) is 59.8 Å². The lowest BCUT2D eigenvalue weighted by molar-refractivity contribution is -0.299. The number of hydrogen-bond acceptors (Lipinski definition) is 11. The number of fused-ring (bicyclic) bond motifs is 2. The third-order valence-electron chi connectivity index (χ3n) is 13.1. The minimum absolute atomic E-state index is 0.112. The van der Waals surface area contributed by atoms with E-state index in [0.29, 0.717) is 43.9 Å². The van der Waals surface area contributed by atoms with Crippen molar-refractivity contribution in [2.24, 2.45) is 40.4 Å². The highest BCUT2D eigenvalue weighted by Gasteiger charge is 2.90. The number of rotatable bonds is 9. The van der Waals surface area contributed by atoms with E-state index in [0.717, 1.165) is 0 Å². The molecule has 15 atom stereocenters. The number of nitrogens with zero attached hydrogens (tertiary/aromatic N) is 1. The number of methoxy groups -OCH3 is 5. The summed E-state index contributed by atoms with van der Waals surface area (Å²) in [6.07, 6.45) is -3.15. The molecule has 1 aliphatic heterocycles. The number of hydrogen-bond donors (Lipinski definition) is 3. The number of esters is 1. The van der Waals surface area contributed by atoms with Gasteiger partial charge in [0.1, 0.15) is 17.5 Å². The van der Waals surface area contributed by atoms with Crippen molar-refractivity contribution in [1.29, 1.82) is 0 Å². The van der Waals surface area contributed by atoms with Crippen LogP contribution in [0.3, 0.4) is 0 Å². The molecule has 11 nitrogen and oxygen atoms in total. The Labute approximate surface area is 258 Å². The molecule has 6 aliphatic rings. The normalized spacial score (nSPS) is 50.0. The Kier molecular flexibility index (Phi) is 7.42. The minimum atomic E-state index is -1.55. The second kappa shape index (κ2) is 10.6. The lowest BCUT2D eigenvalue weighted by Crippen LogP contribution is -2.80. The smallest absolute Gasteiger partial charge is 0.338 e. The third-order valence-corrected chi connectivity index (χ3v) is 13.1. The van der Waals surface area contributed by atoms with Crippen LogP contribution in [0.25, 0.3) is 0 Å². The van der Waals surface area contributed by atoms with Crippen molar-refractivity contribution >= 4 is 5.97 Å². The highest BCUT2D eigenvalue weighted by molar-refractivity contribution is 5.89. The summed E-state index contributed by atoms with van der Waals surface area (Å²) in [4.78, 5) is 16.0. The number of aliphatic hydroxyl groups excluding tert-OH is 2. The maximum atomic E-state index is 13.7. The van der Waals surface area contributed by atoms with Gasteiger partial charge in [-0.1, -0.05) is 6.92 Å². The molecule has 11 heteroatoms. The Balaban J connectivity index is 1.42. The average Bonchev–Trinajstić information content (AvgIpc) is 3.38. The van der Waals surface area contributed by atoms with Gasteiger partial charge in [0.25, 0.3) is 0 Å². The van der Waals surface area contributed by atoms with E-state index in [-0.39, 0.29) is 23.7 Å². The molecule has 1 spiro atoms. The van der Waals surface area contributed by atoms with Crippen LogP contribution >= 0.6 is 0 Å². The Morgan fingerprint density at radius 1 is 1.00 bits per heavy atom. The summed E-state index contributed by atoms with van der Waals surface area (Å²) in [5.74, 6) is -1.65. The SMILES string of the molecule is CCN1C[C@]2(COC)C(O)C[C@H](OC)[C@@]34[C@@H]5C[C@@H]6[C@H](OC)[C@@H](O)[C@@H]([C@H]5[C@H]6OC(=O)c5ccc(OC)cc5)[C@@](O)([C@H](OC)[C@H]23)[C@@H]14. The van der Waals surface area contributed by atoms with Crippen LogP contribution in [0, 0.1) is 40.4 Å². The van der Waals surface area contributed by atoms with Gasteiger partial charge in [-0.3, -0.25) is 4.90 Å². The summed E-state index contributed by atoms with van der Waals surface area (Å²) in [5, 5.41) is 37.5. The number of likely N-dealkylation sites (N-methyl/N-ethyl adjacent to an activating group) is 1. The van der Waals surface area contributed by atoms with Gasteiger partial charge in [-0.2, -0.15) is 0 Å². The molecule has 5 aliphatic carbocycles. The number of carbonyl (C=O) groups is 1. The Hall–Kier alpha value is -1.83. The van der Waals surface area contributed by atoms with Crippen molar-refractivity contribution < 1.29 is 48.5 Å². The molecular weight excluding hydrogens is 570 g/mol. The first-order chi connectivity index (χ1) is 21.1. The number of carbonyl (C=O) groups excluding carboxylic acids is 1. The van der Waals surface area contributed by atoms with Crippen LogP contribution in [0.15, 0.2) is 24.3 Å². The summed E-state index contributed by atoms with van der Waals surface area (Å²) in [6, 6.07) is 6.39. The van der Waals surface area contributed by atoms with E-state index in [1.165, 1.54) is 0 Å². The topological polar surface area (TPSA) is 136 Å². The summed E-state index contributed by atoms with van der Waals surface area (Å²) >= 11 is 0. The fraction of sp³-hybridized carbons (Fsp3) is 0.788. The van der Waals surface area contributed by atoms with E-state index in [2.05, 4.69) is 11.8 Å². The first kappa shape index (κ1) is 30.8. The maximum Gasteiger partial charge on any atom is 0.338 e. The fourth-order valence-electron chi connectivity index (χ4n) is 12.1.